The molecule has 2 aliphatic rings. The topological polar surface area (TPSA) is 63.2 Å². The Hall–Kier alpha value is -1.73. The molecule has 2 aromatic rings. The number of hydrogen-bond acceptors (Lipinski definition) is 6. The van der Waals surface area contributed by atoms with E-state index >= 15 is 0 Å². The van der Waals surface area contributed by atoms with Crippen LogP contribution in [0.4, 0.5) is 0 Å². The van der Waals surface area contributed by atoms with Crippen molar-refractivity contribution in [2.75, 3.05) is 20.1 Å². The number of rotatable bonds is 6. The Morgan fingerprint density at radius 3 is 2.83 bits per heavy atom. The van der Waals surface area contributed by atoms with E-state index in [4.69, 9.17) is 4.42 Å². The van der Waals surface area contributed by atoms with Gasteiger partial charge in [-0.1, -0.05) is 0 Å². The first-order valence-corrected chi connectivity index (χ1v) is 8.82. The van der Waals surface area contributed by atoms with E-state index in [-0.39, 0.29) is 0 Å². The van der Waals surface area contributed by atoms with Gasteiger partial charge in [0.05, 0.1) is 19.3 Å². The summed E-state index contributed by atoms with van der Waals surface area (Å²) in [5.41, 5.74) is 0. The van der Waals surface area contributed by atoms with Gasteiger partial charge < -0.3 is 8.98 Å². The smallest absolute Gasteiger partial charge is 0.208 e. The van der Waals surface area contributed by atoms with Crippen molar-refractivity contribution >= 4 is 0 Å². The first kappa shape index (κ1) is 15.8. The highest BCUT2D eigenvalue weighted by atomic mass is 16.4. The van der Waals surface area contributed by atoms with Gasteiger partial charge in [0.1, 0.15) is 17.4 Å². The molecule has 0 radical (unpaired) electrons. The molecule has 4 rings (SSSR count). The number of likely N-dealkylation sites (N-methyl/N-ethyl adjacent to an activating group) is 1. The fourth-order valence-corrected chi connectivity index (χ4v) is 3.54. The Labute approximate surface area is 142 Å². The zero-order valence-electron chi connectivity index (χ0n) is 14.8. The quantitative estimate of drug-likeness (QED) is 0.803. The predicted octanol–water partition coefficient (Wildman–Crippen LogP) is 1.70. The lowest BCUT2D eigenvalue weighted by atomic mass is 10.2. The Bertz CT molecular complexity index is 704. The Morgan fingerprint density at radius 2 is 2.12 bits per heavy atom. The number of hydrogen-bond donors (Lipinski definition) is 0. The van der Waals surface area contributed by atoms with Crippen LogP contribution >= 0.6 is 0 Å². The normalized spacial score (nSPS) is 21.9. The van der Waals surface area contributed by atoms with E-state index in [2.05, 4.69) is 43.6 Å². The summed E-state index contributed by atoms with van der Waals surface area (Å²) < 4.78 is 7.79. The molecule has 1 aliphatic heterocycles. The lowest BCUT2D eigenvalue weighted by Crippen LogP contribution is -2.34. The van der Waals surface area contributed by atoms with Gasteiger partial charge in [0, 0.05) is 32.1 Å². The summed E-state index contributed by atoms with van der Waals surface area (Å²) in [5, 5.41) is 8.80. The van der Waals surface area contributed by atoms with Crippen LogP contribution in [0.3, 0.4) is 0 Å². The summed E-state index contributed by atoms with van der Waals surface area (Å²) in [6, 6.07) is 0.544. The summed E-state index contributed by atoms with van der Waals surface area (Å²) in [4.78, 5) is 9.13. The second-order valence-corrected chi connectivity index (χ2v) is 7.27. The van der Waals surface area contributed by atoms with Gasteiger partial charge in [-0.15, -0.1) is 10.2 Å². The second-order valence-electron chi connectivity index (χ2n) is 7.27. The fraction of sp³-hybridized carbons (Fsp3) is 0.706. The molecule has 7 nitrogen and oxygen atoms in total. The number of aromatic nitrogens is 4. The molecule has 0 N–H and O–H groups in total. The average Bonchev–Trinajstić information content (AvgIpc) is 2.96. The van der Waals surface area contributed by atoms with Crippen molar-refractivity contribution in [3.63, 3.8) is 0 Å². The van der Waals surface area contributed by atoms with Crippen molar-refractivity contribution in [1.82, 2.24) is 29.5 Å². The summed E-state index contributed by atoms with van der Waals surface area (Å²) in [6.07, 6.45) is 5.49. The van der Waals surface area contributed by atoms with Gasteiger partial charge in [0.25, 0.3) is 0 Å². The monoisotopic (exact) mass is 330 g/mol. The number of oxazole rings is 1. The third kappa shape index (κ3) is 3.23. The zero-order valence-corrected chi connectivity index (χ0v) is 14.8. The van der Waals surface area contributed by atoms with Crippen LogP contribution in [0.2, 0.25) is 0 Å². The van der Waals surface area contributed by atoms with Gasteiger partial charge in [-0.2, -0.15) is 0 Å². The molecule has 1 saturated heterocycles. The molecule has 2 fully saturated rings. The number of likely N-dealkylation sites (tertiary alicyclic amines) is 1. The molecular formula is C17H26N6O. The van der Waals surface area contributed by atoms with Crippen LogP contribution in [0.5, 0.6) is 0 Å². The van der Waals surface area contributed by atoms with Crippen LogP contribution in [0, 0.1) is 6.92 Å². The lowest BCUT2D eigenvalue weighted by molar-refractivity contribution is 0.210. The van der Waals surface area contributed by atoms with Crippen LogP contribution in [-0.4, -0.2) is 55.7 Å². The van der Waals surface area contributed by atoms with E-state index in [1.54, 1.807) is 6.20 Å². The zero-order chi connectivity index (χ0) is 16.7. The minimum absolute atomic E-state index is 0.544. The van der Waals surface area contributed by atoms with Gasteiger partial charge in [-0.05, 0) is 33.2 Å². The van der Waals surface area contributed by atoms with Crippen molar-refractivity contribution in [1.29, 1.82) is 0 Å². The van der Waals surface area contributed by atoms with Gasteiger partial charge in [-0.3, -0.25) is 9.80 Å². The van der Waals surface area contributed by atoms with Crippen LogP contribution in [0.1, 0.15) is 48.5 Å². The van der Waals surface area contributed by atoms with E-state index in [0.29, 0.717) is 12.0 Å². The van der Waals surface area contributed by atoms with Gasteiger partial charge in [0.15, 0.2) is 0 Å². The SMILES string of the molecule is Cc1cnc(CN2CC[C@@H](N(C)Cc3nnc(C4CC4)n3C)C2)o1. The molecule has 7 heteroatoms. The minimum Gasteiger partial charge on any atom is -0.445 e. The lowest BCUT2D eigenvalue weighted by Gasteiger charge is -2.24. The summed E-state index contributed by atoms with van der Waals surface area (Å²) in [7, 11) is 4.29. The standard InChI is InChI=1S/C17H26N6O/c1-12-8-18-16(24-12)11-23-7-6-14(9-23)21(2)10-15-19-20-17(22(15)3)13-4-5-13/h8,13-14H,4-7,9-11H2,1-3H3/t14-/m1/s1. The molecule has 0 unspecified atom stereocenters. The highest BCUT2D eigenvalue weighted by molar-refractivity contribution is 5.08. The van der Waals surface area contributed by atoms with E-state index < -0.39 is 0 Å². The predicted molar refractivity (Wildman–Crippen MR) is 89.4 cm³/mol. The molecule has 24 heavy (non-hydrogen) atoms. The Morgan fingerprint density at radius 1 is 1.29 bits per heavy atom. The average molecular weight is 330 g/mol. The van der Waals surface area contributed by atoms with Crippen molar-refractivity contribution in [3.8, 4) is 0 Å². The Balaban J connectivity index is 1.33. The van der Waals surface area contributed by atoms with E-state index in [9.17, 15) is 0 Å². The molecule has 2 aromatic heterocycles. The minimum atomic E-state index is 0.544. The number of aryl methyl sites for hydroxylation is 1. The second kappa shape index (κ2) is 6.29. The molecule has 1 saturated carbocycles. The molecule has 3 heterocycles. The van der Waals surface area contributed by atoms with Crippen molar-refractivity contribution in [3.05, 3.63) is 29.5 Å². The van der Waals surface area contributed by atoms with Crippen LogP contribution in [0.25, 0.3) is 0 Å². The van der Waals surface area contributed by atoms with E-state index in [1.807, 2.05) is 6.92 Å². The fourth-order valence-electron chi connectivity index (χ4n) is 3.54. The molecule has 0 spiro atoms. The van der Waals surface area contributed by atoms with Crippen molar-refractivity contribution < 1.29 is 4.42 Å². The molecule has 0 aromatic carbocycles. The van der Waals surface area contributed by atoms with Crippen molar-refractivity contribution in [2.45, 2.75) is 51.2 Å². The van der Waals surface area contributed by atoms with Gasteiger partial charge >= 0.3 is 0 Å². The molecule has 130 valence electrons. The number of nitrogens with zero attached hydrogens (tertiary/aromatic N) is 6. The maximum atomic E-state index is 5.60. The Kier molecular flexibility index (Phi) is 4.14. The summed E-state index contributed by atoms with van der Waals surface area (Å²) >= 11 is 0. The maximum Gasteiger partial charge on any atom is 0.208 e. The van der Waals surface area contributed by atoms with Gasteiger partial charge in [-0.25, -0.2) is 4.98 Å². The molecule has 0 bridgehead atoms. The highest BCUT2D eigenvalue weighted by Crippen LogP contribution is 2.38. The molecular weight excluding hydrogens is 304 g/mol. The molecule has 0 amide bonds. The van der Waals surface area contributed by atoms with Crippen molar-refractivity contribution in [2.24, 2.45) is 7.05 Å². The third-order valence-corrected chi connectivity index (χ3v) is 5.23. The summed E-state index contributed by atoms with van der Waals surface area (Å²) in [5.74, 6) is 4.57. The van der Waals surface area contributed by atoms with Crippen LogP contribution in [0.15, 0.2) is 10.6 Å². The maximum absolute atomic E-state index is 5.60. The van der Waals surface area contributed by atoms with E-state index in [1.165, 1.54) is 19.3 Å². The van der Waals surface area contributed by atoms with Crippen LogP contribution < -0.4 is 0 Å². The van der Waals surface area contributed by atoms with E-state index in [0.717, 1.165) is 49.5 Å². The highest BCUT2D eigenvalue weighted by Gasteiger charge is 2.31. The molecule has 1 atom stereocenters. The first-order valence-electron chi connectivity index (χ1n) is 8.82. The third-order valence-electron chi connectivity index (χ3n) is 5.23. The first-order chi connectivity index (χ1) is 11.6. The van der Waals surface area contributed by atoms with Gasteiger partial charge in [0.2, 0.25) is 5.89 Å². The van der Waals surface area contributed by atoms with Crippen LogP contribution in [-0.2, 0) is 20.1 Å². The largest absolute Gasteiger partial charge is 0.445 e. The molecule has 1 aliphatic carbocycles. The summed E-state index contributed by atoms with van der Waals surface area (Å²) in [6.45, 7) is 5.72.